The van der Waals surface area contributed by atoms with Crippen molar-refractivity contribution in [2.45, 2.75) is 0 Å². The van der Waals surface area contributed by atoms with E-state index >= 15 is 0 Å². The summed E-state index contributed by atoms with van der Waals surface area (Å²) in [5.74, 6) is 0. The molecule has 0 aliphatic heterocycles. The first kappa shape index (κ1) is 16.0. The molecule has 0 aromatic heterocycles. The van der Waals surface area contributed by atoms with Crippen LogP contribution in [0, 0.1) is 0 Å². The second-order valence-corrected chi connectivity index (χ2v) is 1.34. The molecule has 0 aliphatic carbocycles. The van der Waals surface area contributed by atoms with E-state index in [2.05, 4.69) is 0 Å². The second-order valence-electron chi connectivity index (χ2n) is 0.448. The summed E-state index contributed by atoms with van der Waals surface area (Å²) in [6.07, 6.45) is 0. The smallest absolute Gasteiger partial charge is 0 e. The first-order valence-electron chi connectivity index (χ1n) is 0.698. The van der Waals surface area contributed by atoms with Gasteiger partial charge in [-0.1, -0.05) is 0 Å². The third-order valence-electron chi connectivity index (χ3n) is 0. The third kappa shape index (κ3) is 71.0. The Morgan fingerprint density at radius 3 is 1.14 bits per heavy atom. The molecule has 2 N–H and O–H groups in total. The first-order valence-corrected chi connectivity index (χ1v) is 2.10. The van der Waals surface area contributed by atoms with Gasteiger partial charge in [-0.25, -0.2) is 0 Å². The topological polar surface area (TPSA) is 74.6 Å². The Bertz CT molecular complexity index is 94.9. The van der Waals surface area contributed by atoms with Crippen molar-refractivity contribution in [3.8, 4) is 0 Å². The molecule has 7 heavy (non-hydrogen) atoms. The average molecular weight is 196 g/mol. The van der Waals surface area contributed by atoms with Gasteiger partial charge in [0.05, 0.1) is 0 Å². The van der Waals surface area contributed by atoms with E-state index in [0.717, 1.165) is 0 Å². The number of rotatable bonds is 0. The summed E-state index contributed by atoms with van der Waals surface area (Å²) in [5, 5.41) is 0. The summed E-state index contributed by atoms with van der Waals surface area (Å²) < 4.78 is 31.6. The Morgan fingerprint density at radius 2 is 1.14 bits per heavy atom. The summed E-state index contributed by atoms with van der Waals surface area (Å²) in [7, 11) is -4.67. The molecule has 0 spiro atoms. The Morgan fingerprint density at radius 1 is 1.14 bits per heavy atom. The van der Waals surface area contributed by atoms with Crippen molar-refractivity contribution in [2.75, 3.05) is 0 Å². The van der Waals surface area contributed by atoms with E-state index in [1.807, 2.05) is 0 Å². The van der Waals surface area contributed by atoms with Crippen molar-refractivity contribution in [3.05, 3.63) is 0 Å². The SMILES string of the molecule is O=S(=O)(O)O.[FeH3].[K]. The van der Waals surface area contributed by atoms with Crippen LogP contribution in [-0.4, -0.2) is 68.9 Å². The van der Waals surface area contributed by atoms with Crippen LogP contribution in [0.3, 0.4) is 0 Å². The summed E-state index contributed by atoms with van der Waals surface area (Å²) in [4.78, 5) is 0. The number of hydrogen-bond donors (Lipinski definition) is 2. The van der Waals surface area contributed by atoms with Crippen LogP contribution in [0.4, 0.5) is 0 Å². The zero-order valence-corrected chi connectivity index (χ0v) is 8.90. The van der Waals surface area contributed by atoms with E-state index in [1.165, 1.54) is 0 Å². The van der Waals surface area contributed by atoms with Gasteiger partial charge in [0.15, 0.2) is 0 Å². The zero-order chi connectivity index (χ0) is 4.50. The van der Waals surface area contributed by atoms with E-state index < -0.39 is 10.4 Å². The first-order chi connectivity index (χ1) is 2.00. The monoisotopic (exact) mass is 196 g/mol. The van der Waals surface area contributed by atoms with Gasteiger partial charge in [-0.2, -0.15) is 8.42 Å². The van der Waals surface area contributed by atoms with Crippen molar-refractivity contribution in [1.82, 2.24) is 0 Å². The molecule has 0 saturated heterocycles. The van der Waals surface area contributed by atoms with Crippen LogP contribution in [0.15, 0.2) is 0 Å². The van der Waals surface area contributed by atoms with E-state index in [4.69, 9.17) is 17.5 Å². The second kappa shape index (κ2) is 6.15. The summed E-state index contributed by atoms with van der Waals surface area (Å²) in [5.41, 5.74) is 0. The molecule has 44 valence electrons. The van der Waals surface area contributed by atoms with Crippen molar-refractivity contribution in [1.29, 1.82) is 0 Å². The van der Waals surface area contributed by atoms with E-state index in [9.17, 15) is 0 Å². The molecule has 0 atom stereocenters. The largest absolute Gasteiger partial charge is 0 e. The van der Waals surface area contributed by atoms with E-state index in [-0.39, 0.29) is 68.5 Å². The summed E-state index contributed by atoms with van der Waals surface area (Å²) in [6, 6.07) is 0. The van der Waals surface area contributed by atoms with Crippen LogP contribution < -0.4 is 0 Å². The fourth-order valence-electron chi connectivity index (χ4n) is 0. The standard InChI is InChI=1S/Fe.K.H2O4S.3H/c;;1-5(2,3)4;;;/h;;(H2,1,2,3,4);;;. The molecular formula is H5FeKO4S. The van der Waals surface area contributed by atoms with Gasteiger partial charge in [-0.05, 0) is 0 Å². The van der Waals surface area contributed by atoms with Crippen molar-refractivity contribution < 1.29 is 34.6 Å². The van der Waals surface area contributed by atoms with Crippen molar-refractivity contribution in [3.63, 3.8) is 0 Å². The molecule has 1 radical (unpaired) electrons. The quantitative estimate of drug-likeness (QED) is 0.352. The average Bonchev–Trinajstić information content (AvgIpc) is 0.722. The van der Waals surface area contributed by atoms with Gasteiger partial charge in [0, 0.05) is 51.4 Å². The Labute approximate surface area is 94.5 Å². The minimum Gasteiger partial charge on any atom is 0 e. The molecule has 0 heterocycles. The van der Waals surface area contributed by atoms with Gasteiger partial charge in [0.1, 0.15) is 0 Å². The molecule has 4 nitrogen and oxygen atoms in total. The van der Waals surface area contributed by atoms with Gasteiger partial charge in [-0.15, -0.1) is 0 Å². The Hall–Kier alpha value is 2.03. The fourth-order valence-corrected chi connectivity index (χ4v) is 0. The minimum absolute atomic E-state index is 0. The van der Waals surface area contributed by atoms with Gasteiger partial charge in [0.2, 0.25) is 0 Å². The van der Waals surface area contributed by atoms with E-state index in [1.54, 1.807) is 0 Å². The maximum absolute atomic E-state index is 8.74. The van der Waals surface area contributed by atoms with Gasteiger partial charge >= 0.3 is 27.5 Å². The maximum atomic E-state index is 8.74. The fraction of sp³-hybridized carbons (Fsp3) is 0. The van der Waals surface area contributed by atoms with E-state index in [0.29, 0.717) is 0 Å². The normalized spacial score (nSPS) is 8.29. The third-order valence-corrected chi connectivity index (χ3v) is 0. The van der Waals surface area contributed by atoms with Gasteiger partial charge < -0.3 is 0 Å². The molecule has 0 aliphatic rings. The Kier molecular flexibility index (Phi) is 14.1. The molecule has 0 aromatic carbocycles. The van der Waals surface area contributed by atoms with Gasteiger partial charge in [0.25, 0.3) is 0 Å². The predicted octanol–water partition coefficient (Wildman–Crippen LogP) is -1.84. The van der Waals surface area contributed by atoms with Crippen molar-refractivity contribution >= 4 is 61.8 Å². The zero-order valence-electron chi connectivity index (χ0n) is 3.57. The Balaban J connectivity index is -0.0000000800. The van der Waals surface area contributed by atoms with Crippen LogP contribution in [0.5, 0.6) is 0 Å². The van der Waals surface area contributed by atoms with Crippen LogP contribution in [-0.2, 0) is 27.5 Å². The molecule has 0 fully saturated rings. The minimum atomic E-state index is -4.67. The molecule has 0 aromatic rings. The molecule has 0 saturated carbocycles. The van der Waals surface area contributed by atoms with Crippen LogP contribution >= 0.6 is 0 Å². The molecule has 0 rings (SSSR count). The van der Waals surface area contributed by atoms with Crippen molar-refractivity contribution in [2.24, 2.45) is 0 Å². The van der Waals surface area contributed by atoms with Crippen LogP contribution in [0.25, 0.3) is 0 Å². The van der Waals surface area contributed by atoms with Gasteiger partial charge in [-0.3, -0.25) is 9.11 Å². The molecule has 7 heteroatoms. The molecular weight excluding hydrogens is 191 g/mol. The van der Waals surface area contributed by atoms with Crippen LogP contribution in [0.2, 0.25) is 0 Å². The predicted molar refractivity (Wildman–Crippen MR) is 24.1 cm³/mol. The maximum Gasteiger partial charge on any atom is 0 e. The molecule has 0 bridgehead atoms. The summed E-state index contributed by atoms with van der Waals surface area (Å²) in [6.45, 7) is 0. The molecule has 0 unspecified atom stereocenters. The number of hydrogen-bond acceptors (Lipinski definition) is 2. The summed E-state index contributed by atoms with van der Waals surface area (Å²) >= 11 is 0. The molecule has 0 amide bonds. The van der Waals surface area contributed by atoms with Crippen LogP contribution in [0.1, 0.15) is 0 Å².